The van der Waals surface area contributed by atoms with Crippen LogP contribution in [0.5, 0.6) is 0 Å². The second kappa shape index (κ2) is 12.0. The number of imide groups is 1. The number of unbranched alkanes of at least 4 members (excludes halogenated alkanes) is 1. The lowest BCUT2D eigenvalue weighted by molar-refractivity contribution is -0.122. The molecule has 1 heterocycles. The molecule has 3 atom stereocenters. The van der Waals surface area contributed by atoms with Crippen LogP contribution in [0, 0.1) is 17.8 Å². The third-order valence-corrected chi connectivity index (χ3v) is 7.02. The minimum atomic E-state index is -0.710. The number of hydrogen-bond acceptors (Lipinski definition) is 7. The molecular weight excluding hydrogens is 488 g/mol. The van der Waals surface area contributed by atoms with E-state index >= 15 is 0 Å². The van der Waals surface area contributed by atoms with Crippen LogP contribution in [0.2, 0.25) is 0 Å². The first-order valence-electron chi connectivity index (χ1n) is 13.0. The number of hydrogen-bond donors (Lipinski definition) is 1. The molecule has 0 unspecified atom stereocenters. The highest BCUT2D eigenvalue weighted by Crippen LogP contribution is 2.42. The standard InChI is InChI=1S/C29H32N2O7/c1-3-4-15-37-28(35)19-6-10-21(11-7-19)30-25(32)17-38-29(36)20-8-12-22(13-9-20)31-26(33)23-14-5-18(2)16-24(23)27(31)34/h6-13,18,23-24H,3-5,14-17H2,1-2H3,(H,30,32)/t18-,23-,24-/m1/s1. The summed E-state index contributed by atoms with van der Waals surface area (Å²) in [5.41, 5.74) is 1.43. The summed E-state index contributed by atoms with van der Waals surface area (Å²) < 4.78 is 10.3. The van der Waals surface area contributed by atoms with Gasteiger partial charge in [0, 0.05) is 5.69 Å². The van der Waals surface area contributed by atoms with Crippen LogP contribution in [0.4, 0.5) is 11.4 Å². The second-order valence-electron chi connectivity index (χ2n) is 9.88. The van der Waals surface area contributed by atoms with Crippen LogP contribution < -0.4 is 10.2 Å². The summed E-state index contributed by atoms with van der Waals surface area (Å²) in [7, 11) is 0. The van der Waals surface area contributed by atoms with Gasteiger partial charge in [-0.2, -0.15) is 0 Å². The van der Waals surface area contributed by atoms with Gasteiger partial charge in [-0.05, 0) is 80.1 Å². The van der Waals surface area contributed by atoms with Crippen molar-refractivity contribution in [2.75, 3.05) is 23.4 Å². The van der Waals surface area contributed by atoms with E-state index in [0.29, 0.717) is 35.9 Å². The Kier molecular flexibility index (Phi) is 8.55. The van der Waals surface area contributed by atoms with Gasteiger partial charge in [-0.3, -0.25) is 19.3 Å². The van der Waals surface area contributed by atoms with Crippen LogP contribution in [-0.4, -0.2) is 42.9 Å². The summed E-state index contributed by atoms with van der Waals surface area (Å²) in [5, 5.41) is 2.60. The monoisotopic (exact) mass is 520 g/mol. The van der Waals surface area contributed by atoms with Crippen LogP contribution in [0.1, 0.15) is 66.7 Å². The second-order valence-corrected chi connectivity index (χ2v) is 9.88. The first kappa shape index (κ1) is 27.0. The van der Waals surface area contributed by atoms with E-state index in [2.05, 4.69) is 12.2 Å². The highest BCUT2D eigenvalue weighted by molar-refractivity contribution is 6.22. The molecule has 9 heteroatoms. The molecule has 0 aromatic heterocycles. The SMILES string of the molecule is CCCCOC(=O)c1ccc(NC(=O)COC(=O)c2ccc(N3C(=O)[C@@H]4CC[C@@H](C)C[C@H]4C3=O)cc2)cc1. The summed E-state index contributed by atoms with van der Waals surface area (Å²) in [6, 6.07) is 12.2. The molecule has 1 saturated carbocycles. The molecule has 38 heavy (non-hydrogen) atoms. The van der Waals surface area contributed by atoms with Gasteiger partial charge in [0.2, 0.25) is 11.8 Å². The van der Waals surface area contributed by atoms with Gasteiger partial charge in [0.1, 0.15) is 0 Å². The van der Waals surface area contributed by atoms with Crippen LogP contribution in [-0.2, 0) is 23.9 Å². The molecule has 1 N–H and O–H groups in total. The maximum Gasteiger partial charge on any atom is 0.338 e. The van der Waals surface area contributed by atoms with Gasteiger partial charge in [0.15, 0.2) is 6.61 Å². The van der Waals surface area contributed by atoms with Gasteiger partial charge >= 0.3 is 11.9 Å². The number of fused-ring (bicyclic) bond motifs is 1. The number of anilines is 2. The molecule has 1 saturated heterocycles. The zero-order valence-corrected chi connectivity index (χ0v) is 21.6. The number of ether oxygens (including phenoxy) is 2. The lowest BCUT2D eigenvalue weighted by atomic mass is 9.76. The molecule has 0 radical (unpaired) electrons. The molecule has 2 aromatic carbocycles. The van der Waals surface area contributed by atoms with E-state index in [1.54, 1.807) is 36.4 Å². The van der Waals surface area contributed by atoms with Crippen LogP contribution >= 0.6 is 0 Å². The van der Waals surface area contributed by atoms with E-state index in [1.807, 2.05) is 6.92 Å². The molecule has 9 nitrogen and oxygen atoms in total. The fourth-order valence-electron chi connectivity index (χ4n) is 4.88. The predicted molar refractivity (Wildman–Crippen MR) is 139 cm³/mol. The van der Waals surface area contributed by atoms with Crippen molar-refractivity contribution in [3.8, 4) is 0 Å². The maximum absolute atomic E-state index is 12.9. The van der Waals surface area contributed by atoms with Gasteiger partial charge < -0.3 is 14.8 Å². The summed E-state index contributed by atoms with van der Waals surface area (Å²) in [6.07, 6.45) is 4.09. The van der Waals surface area contributed by atoms with Crippen molar-refractivity contribution < 1.29 is 33.4 Å². The molecule has 2 fully saturated rings. The Morgan fingerprint density at radius 3 is 2.13 bits per heavy atom. The van der Waals surface area contributed by atoms with Crippen LogP contribution in [0.3, 0.4) is 0 Å². The normalized spacial score (nSPS) is 20.6. The first-order chi connectivity index (χ1) is 18.3. The van der Waals surface area contributed by atoms with Crippen molar-refractivity contribution in [3.05, 3.63) is 59.7 Å². The van der Waals surface area contributed by atoms with E-state index in [0.717, 1.165) is 25.7 Å². The van der Waals surface area contributed by atoms with Crippen molar-refractivity contribution in [3.63, 3.8) is 0 Å². The van der Waals surface area contributed by atoms with Gasteiger partial charge in [-0.1, -0.05) is 20.3 Å². The zero-order valence-electron chi connectivity index (χ0n) is 21.6. The Morgan fingerprint density at radius 2 is 1.47 bits per heavy atom. The number of amides is 3. The van der Waals surface area contributed by atoms with Crippen LogP contribution in [0.15, 0.2) is 48.5 Å². The molecule has 4 rings (SSSR count). The number of rotatable bonds is 9. The molecule has 0 bridgehead atoms. The molecule has 1 aliphatic carbocycles. The molecular formula is C29H32N2O7. The summed E-state index contributed by atoms with van der Waals surface area (Å²) in [4.78, 5) is 63.6. The van der Waals surface area contributed by atoms with Crippen molar-refractivity contribution in [2.24, 2.45) is 17.8 Å². The Balaban J connectivity index is 1.27. The average molecular weight is 521 g/mol. The number of benzene rings is 2. The average Bonchev–Trinajstić information content (AvgIpc) is 3.16. The van der Waals surface area contributed by atoms with Crippen LogP contribution in [0.25, 0.3) is 0 Å². The molecule has 0 spiro atoms. The number of carbonyl (C=O) groups excluding carboxylic acids is 5. The molecule has 3 amide bonds. The largest absolute Gasteiger partial charge is 0.462 e. The molecule has 1 aliphatic heterocycles. The third kappa shape index (κ3) is 6.10. The summed E-state index contributed by atoms with van der Waals surface area (Å²) in [6.45, 7) is 3.95. The summed E-state index contributed by atoms with van der Waals surface area (Å²) in [5.74, 6) is -2.16. The minimum Gasteiger partial charge on any atom is -0.462 e. The van der Waals surface area contributed by atoms with Crippen molar-refractivity contribution in [1.82, 2.24) is 0 Å². The highest BCUT2D eigenvalue weighted by Gasteiger charge is 2.49. The number of nitrogens with one attached hydrogen (secondary N) is 1. The van der Waals surface area contributed by atoms with Gasteiger partial charge in [0.25, 0.3) is 5.91 Å². The lowest BCUT2D eigenvalue weighted by Crippen LogP contribution is -2.30. The molecule has 2 aromatic rings. The van der Waals surface area contributed by atoms with E-state index in [4.69, 9.17) is 9.47 Å². The number of nitrogens with zero attached hydrogens (tertiary/aromatic N) is 1. The van der Waals surface area contributed by atoms with Crippen molar-refractivity contribution in [1.29, 1.82) is 0 Å². The van der Waals surface area contributed by atoms with E-state index < -0.39 is 24.5 Å². The van der Waals surface area contributed by atoms with Gasteiger partial charge in [-0.15, -0.1) is 0 Å². The molecule has 200 valence electrons. The fourth-order valence-corrected chi connectivity index (χ4v) is 4.88. The number of carbonyl (C=O) groups is 5. The Labute approximate surface area is 221 Å². The topological polar surface area (TPSA) is 119 Å². The molecule has 2 aliphatic rings. The van der Waals surface area contributed by atoms with Crippen molar-refractivity contribution >= 4 is 41.0 Å². The highest BCUT2D eigenvalue weighted by atomic mass is 16.5. The lowest BCUT2D eigenvalue weighted by Gasteiger charge is -2.25. The van der Waals surface area contributed by atoms with E-state index in [9.17, 15) is 24.0 Å². The summed E-state index contributed by atoms with van der Waals surface area (Å²) >= 11 is 0. The van der Waals surface area contributed by atoms with E-state index in [-0.39, 0.29) is 29.2 Å². The minimum absolute atomic E-state index is 0.180. The first-order valence-corrected chi connectivity index (χ1v) is 13.0. The van der Waals surface area contributed by atoms with Crippen molar-refractivity contribution in [2.45, 2.75) is 46.0 Å². The third-order valence-electron chi connectivity index (χ3n) is 7.02. The smallest absolute Gasteiger partial charge is 0.338 e. The quantitative estimate of drug-likeness (QED) is 0.296. The maximum atomic E-state index is 12.9. The Bertz CT molecular complexity index is 1210. The Hall–Kier alpha value is -4.01. The van der Waals surface area contributed by atoms with Gasteiger partial charge in [0.05, 0.1) is 35.3 Å². The Morgan fingerprint density at radius 1 is 0.868 bits per heavy atom. The van der Waals surface area contributed by atoms with Gasteiger partial charge in [-0.25, -0.2) is 9.59 Å². The fraction of sp³-hybridized carbons (Fsp3) is 0.414. The number of esters is 2. The van der Waals surface area contributed by atoms with E-state index in [1.165, 1.54) is 17.0 Å². The predicted octanol–water partition coefficient (Wildman–Crippen LogP) is 4.36. The zero-order chi connectivity index (χ0) is 27.2.